The van der Waals surface area contributed by atoms with E-state index in [0.717, 1.165) is 25.7 Å². The predicted molar refractivity (Wildman–Crippen MR) is 132 cm³/mol. The van der Waals surface area contributed by atoms with E-state index in [1.807, 2.05) is 96.9 Å². The monoisotopic (exact) mass is 464 g/mol. The molecule has 0 heterocycles. The molecule has 0 unspecified atom stereocenters. The van der Waals surface area contributed by atoms with Crippen LogP contribution in [0.4, 0.5) is 0 Å². The molecule has 0 aliphatic heterocycles. The SMILES string of the molecule is CC(C)(C)OOC(C)(C)CCC(C)(C)OOC(C)(C)C.CCC(C)(C)OOC(C)(C)CC. The van der Waals surface area contributed by atoms with Crippen LogP contribution in [0.25, 0.3) is 0 Å². The lowest BCUT2D eigenvalue weighted by molar-refractivity contribution is -0.410. The molecule has 32 heavy (non-hydrogen) atoms. The van der Waals surface area contributed by atoms with Gasteiger partial charge >= 0.3 is 0 Å². The van der Waals surface area contributed by atoms with Crippen LogP contribution in [0.15, 0.2) is 0 Å². The van der Waals surface area contributed by atoms with Crippen LogP contribution in [-0.2, 0) is 29.3 Å². The van der Waals surface area contributed by atoms with Gasteiger partial charge in [0.05, 0.1) is 33.6 Å². The summed E-state index contributed by atoms with van der Waals surface area (Å²) < 4.78 is 0. The molecule has 0 radical (unpaired) electrons. The molecule has 0 aromatic carbocycles. The quantitative estimate of drug-likeness (QED) is 0.215. The molecule has 0 bridgehead atoms. The van der Waals surface area contributed by atoms with Gasteiger partial charge in [0.25, 0.3) is 0 Å². The molecule has 0 fully saturated rings. The fraction of sp³-hybridized carbons (Fsp3) is 1.00. The van der Waals surface area contributed by atoms with Crippen LogP contribution < -0.4 is 0 Å². The van der Waals surface area contributed by atoms with Gasteiger partial charge in [-0.2, -0.15) is 0 Å². The maximum atomic E-state index is 5.54. The summed E-state index contributed by atoms with van der Waals surface area (Å²) in [5.74, 6) is 0. The van der Waals surface area contributed by atoms with Crippen LogP contribution in [0.2, 0.25) is 0 Å². The largest absolute Gasteiger partial charge is 0.230 e. The summed E-state index contributed by atoms with van der Waals surface area (Å²) in [6, 6.07) is 0. The van der Waals surface area contributed by atoms with Crippen molar-refractivity contribution in [2.45, 2.75) is 170 Å². The molecule has 0 aliphatic rings. The molecule has 0 N–H and O–H groups in total. The molecule has 0 aliphatic carbocycles. The molecule has 0 atom stereocenters. The van der Waals surface area contributed by atoms with Gasteiger partial charge in [-0.05, 0) is 123 Å². The zero-order chi connectivity index (χ0) is 26.1. The van der Waals surface area contributed by atoms with Crippen LogP contribution >= 0.6 is 0 Å². The summed E-state index contributed by atoms with van der Waals surface area (Å²) in [6.07, 6.45) is 3.52. The standard InChI is InChI=1S/C16H34O4.C10H22O2/c1-13(2,3)17-19-15(7,8)11-12-16(9,10)20-18-14(4,5)6;1-7-9(3,4)11-12-10(5,6)8-2/h11-12H2,1-10H3;7-8H2,1-6H3. The van der Waals surface area contributed by atoms with Crippen molar-refractivity contribution in [2.24, 2.45) is 0 Å². The zero-order valence-corrected chi connectivity index (χ0v) is 24.3. The fourth-order valence-electron chi connectivity index (χ4n) is 1.50. The number of rotatable bonds is 12. The third kappa shape index (κ3) is 21.6. The van der Waals surface area contributed by atoms with E-state index in [-0.39, 0.29) is 33.6 Å². The van der Waals surface area contributed by atoms with Crippen molar-refractivity contribution >= 4 is 0 Å². The van der Waals surface area contributed by atoms with Crippen molar-refractivity contribution < 1.29 is 29.3 Å². The molecular formula is C26H56O6. The summed E-state index contributed by atoms with van der Waals surface area (Å²) in [4.78, 5) is 32.5. The Labute approximate surface area is 199 Å². The molecule has 0 amide bonds. The molecule has 196 valence electrons. The van der Waals surface area contributed by atoms with E-state index >= 15 is 0 Å². The molecule has 0 saturated heterocycles. The van der Waals surface area contributed by atoms with E-state index in [1.165, 1.54) is 0 Å². The van der Waals surface area contributed by atoms with Crippen LogP contribution in [0.1, 0.15) is 136 Å². The summed E-state index contributed by atoms with van der Waals surface area (Å²) in [5, 5.41) is 0. The molecule has 6 heteroatoms. The van der Waals surface area contributed by atoms with Gasteiger partial charge in [-0.15, -0.1) is 0 Å². The molecule has 0 aromatic heterocycles. The van der Waals surface area contributed by atoms with Crippen LogP contribution in [-0.4, -0.2) is 33.6 Å². The highest BCUT2D eigenvalue weighted by atomic mass is 17.2. The maximum absolute atomic E-state index is 5.54. The topological polar surface area (TPSA) is 55.4 Å². The van der Waals surface area contributed by atoms with Crippen molar-refractivity contribution in [2.75, 3.05) is 0 Å². The van der Waals surface area contributed by atoms with E-state index in [4.69, 9.17) is 29.3 Å². The maximum Gasteiger partial charge on any atom is 0.0981 e. The van der Waals surface area contributed by atoms with Crippen LogP contribution in [0.5, 0.6) is 0 Å². The van der Waals surface area contributed by atoms with Crippen molar-refractivity contribution in [3.05, 3.63) is 0 Å². The van der Waals surface area contributed by atoms with Crippen molar-refractivity contribution in [1.29, 1.82) is 0 Å². The Morgan fingerprint density at radius 2 is 0.562 bits per heavy atom. The summed E-state index contributed by atoms with van der Waals surface area (Å²) in [7, 11) is 0. The Balaban J connectivity index is 0. The summed E-state index contributed by atoms with van der Waals surface area (Å²) in [5.41, 5.74) is -1.69. The molecule has 0 spiro atoms. The first-order valence-electron chi connectivity index (χ1n) is 12.1. The third-order valence-electron chi connectivity index (χ3n) is 4.56. The first kappa shape index (κ1) is 33.9. The van der Waals surface area contributed by atoms with E-state index in [2.05, 4.69) is 13.8 Å². The normalized spacial score (nSPS) is 14.2. The molecule has 6 nitrogen and oxygen atoms in total. The summed E-state index contributed by atoms with van der Waals surface area (Å²) >= 11 is 0. The minimum Gasteiger partial charge on any atom is -0.230 e. The second-order valence-electron chi connectivity index (χ2n) is 13.0. The van der Waals surface area contributed by atoms with Gasteiger partial charge in [0.2, 0.25) is 0 Å². The Bertz CT molecular complexity index is 449. The number of hydrogen-bond donors (Lipinski definition) is 0. The Hall–Kier alpha value is -0.240. The van der Waals surface area contributed by atoms with Gasteiger partial charge in [-0.25, -0.2) is 29.3 Å². The molecular weight excluding hydrogens is 408 g/mol. The predicted octanol–water partition coefficient (Wildman–Crippen LogP) is 8.13. The minimum atomic E-state index is -0.365. The summed E-state index contributed by atoms with van der Waals surface area (Å²) in [6.45, 7) is 32.1. The lowest BCUT2D eigenvalue weighted by Crippen LogP contribution is -2.35. The Kier molecular flexibility index (Phi) is 13.8. The highest BCUT2D eigenvalue weighted by Gasteiger charge is 2.30. The lowest BCUT2D eigenvalue weighted by atomic mass is 9.94. The smallest absolute Gasteiger partial charge is 0.0981 e. The fourth-order valence-corrected chi connectivity index (χ4v) is 1.50. The van der Waals surface area contributed by atoms with E-state index in [1.54, 1.807) is 0 Å². The highest BCUT2D eigenvalue weighted by Crippen LogP contribution is 2.28. The molecule has 0 aromatic rings. The minimum absolute atomic E-state index is 0.174. The van der Waals surface area contributed by atoms with Crippen LogP contribution in [0, 0.1) is 0 Å². The molecule has 0 saturated carbocycles. The van der Waals surface area contributed by atoms with Crippen LogP contribution in [0.3, 0.4) is 0 Å². The second-order valence-corrected chi connectivity index (χ2v) is 13.0. The highest BCUT2D eigenvalue weighted by molar-refractivity contribution is 4.75. The van der Waals surface area contributed by atoms with Gasteiger partial charge in [0.1, 0.15) is 0 Å². The second kappa shape index (κ2) is 13.0. The van der Waals surface area contributed by atoms with Gasteiger partial charge in [-0.1, -0.05) is 13.8 Å². The van der Waals surface area contributed by atoms with E-state index in [0.29, 0.717) is 0 Å². The average Bonchev–Trinajstić information content (AvgIpc) is 2.62. The lowest BCUT2D eigenvalue weighted by Gasteiger charge is -2.33. The van der Waals surface area contributed by atoms with Gasteiger partial charge in [0.15, 0.2) is 0 Å². The van der Waals surface area contributed by atoms with Crippen molar-refractivity contribution in [1.82, 2.24) is 0 Å². The van der Waals surface area contributed by atoms with E-state index < -0.39 is 0 Å². The average molecular weight is 465 g/mol. The first-order valence-corrected chi connectivity index (χ1v) is 12.1. The van der Waals surface area contributed by atoms with Gasteiger partial charge < -0.3 is 0 Å². The molecule has 0 rings (SSSR count). The first-order chi connectivity index (χ1) is 13.9. The van der Waals surface area contributed by atoms with E-state index in [9.17, 15) is 0 Å². The zero-order valence-electron chi connectivity index (χ0n) is 24.3. The van der Waals surface area contributed by atoms with Gasteiger partial charge in [0, 0.05) is 0 Å². The Morgan fingerprint density at radius 3 is 0.750 bits per heavy atom. The number of hydrogen-bond acceptors (Lipinski definition) is 6. The van der Waals surface area contributed by atoms with Gasteiger partial charge in [-0.3, -0.25) is 0 Å². The third-order valence-corrected chi connectivity index (χ3v) is 4.56. The van der Waals surface area contributed by atoms with Crippen molar-refractivity contribution in [3.8, 4) is 0 Å². The Morgan fingerprint density at radius 1 is 0.344 bits per heavy atom. The van der Waals surface area contributed by atoms with Crippen molar-refractivity contribution in [3.63, 3.8) is 0 Å².